The molecule has 0 saturated carbocycles. The lowest BCUT2D eigenvalue weighted by molar-refractivity contribution is 0.235. The summed E-state index contributed by atoms with van der Waals surface area (Å²) in [6, 6.07) is 0.171. The molecule has 0 aliphatic heterocycles. The Labute approximate surface area is 124 Å². The largest absolute Gasteiger partial charge is 0.396 e. The number of hydrogen-bond acceptors (Lipinski definition) is 5. The molecule has 0 fully saturated rings. The van der Waals surface area contributed by atoms with Crippen LogP contribution in [-0.4, -0.2) is 27.7 Å². The molecule has 0 radical (unpaired) electrons. The number of aliphatic hydroxyl groups excluding tert-OH is 1. The Morgan fingerprint density at radius 3 is 2.60 bits per heavy atom. The molecule has 4 nitrogen and oxygen atoms in total. The Morgan fingerprint density at radius 1 is 1.30 bits per heavy atom. The summed E-state index contributed by atoms with van der Waals surface area (Å²) in [5, 5.41) is 13.9. The van der Waals surface area contributed by atoms with Crippen molar-refractivity contribution in [3.63, 3.8) is 0 Å². The van der Waals surface area contributed by atoms with E-state index in [2.05, 4.69) is 49.9 Å². The van der Waals surface area contributed by atoms with E-state index in [1.807, 2.05) is 0 Å². The van der Waals surface area contributed by atoms with Gasteiger partial charge in [-0.3, -0.25) is 0 Å². The summed E-state index contributed by atoms with van der Waals surface area (Å²) in [7, 11) is 0. The number of rotatable bonds is 4. The highest BCUT2D eigenvalue weighted by molar-refractivity contribution is 7.18. The SMILES string of the molecule is Cc1sc2ncnc(NC(CCO)C(C)(C)C)c2c1C. The van der Waals surface area contributed by atoms with Crippen LogP contribution in [-0.2, 0) is 0 Å². The predicted molar refractivity (Wildman–Crippen MR) is 85.5 cm³/mol. The van der Waals surface area contributed by atoms with Crippen LogP contribution in [0.2, 0.25) is 0 Å². The molecule has 0 bridgehead atoms. The van der Waals surface area contributed by atoms with Crippen molar-refractivity contribution in [1.82, 2.24) is 9.97 Å². The summed E-state index contributed by atoms with van der Waals surface area (Å²) in [6.07, 6.45) is 2.32. The quantitative estimate of drug-likeness (QED) is 0.905. The maximum atomic E-state index is 9.28. The number of aliphatic hydroxyl groups is 1. The molecule has 0 saturated heterocycles. The second kappa shape index (κ2) is 5.66. The number of fused-ring (bicyclic) bond motifs is 1. The van der Waals surface area contributed by atoms with Gasteiger partial charge in [-0.1, -0.05) is 20.8 Å². The number of nitrogens with zero attached hydrogens (tertiary/aromatic N) is 2. The minimum atomic E-state index is 0.0545. The lowest BCUT2D eigenvalue weighted by Crippen LogP contribution is -2.35. The number of anilines is 1. The molecule has 2 heterocycles. The lowest BCUT2D eigenvalue weighted by Gasteiger charge is -2.31. The summed E-state index contributed by atoms with van der Waals surface area (Å²) in [6.45, 7) is 10.9. The molecular formula is C15H23N3OS. The fourth-order valence-corrected chi connectivity index (χ4v) is 3.30. The number of thiophene rings is 1. The lowest BCUT2D eigenvalue weighted by atomic mass is 9.85. The first kappa shape index (κ1) is 15.2. The Hall–Kier alpha value is -1.20. The third-order valence-electron chi connectivity index (χ3n) is 3.74. The highest BCUT2D eigenvalue weighted by Gasteiger charge is 2.25. The summed E-state index contributed by atoms with van der Waals surface area (Å²) in [5.41, 5.74) is 1.30. The molecule has 0 amide bonds. The van der Waals surface area contributed by atoms with Gasteiger partial charge in [0, 0.05) is 17.5 Å². The van der Waals surface area contributed by atoms with Crippen molar-refractivity contribution in [2.45, 2.75) is 47.1 Å². The van der Waals surface area contributed by atoms with Gasteiger partial charge in [0.2, 0.25) is 0 Å². The molecule has 2 rings (SSSR count). The third kappa shape index (κ3) is 2.94. The van der Waals surface area contributed by atoms with Gasteiger partial charge in [0.05, 0.1) is 5.39 Å². The molecule has 20 heavy (non-hydrogen) atoms. The summed E-state index contributed by atoms with van der Waals surface area (Å²) in [5.74, 6) is 0.880. The van der Waals surface area contributed by atoms with Gasteiger partial charge < -0.3 is 10.4 Å². The summed E-state index contributed by atoms with van der Waals surface area (Å²) >= 11 is 1.70. The van der Waals surface area contributed by atoms with Crippen molar-refractivity contribution in [3.05, 3.63) is 16.8 Å². The van der Waals surface area contributed by atoms with Crippen molar-refractivity contribution < 1.29 is 5.11 Å². The van der Waals surface area contributed by atoms with Crippen LogP contribution in [0.25, 0.3) is 10.2 Å². The highest BCUT2D eigenvalue weighted by Crippen LogP contribution is 2.34. The van der Waals surface area contributed by atoms with Crippen LogP contribution in [0.5, 0.6) is 0 Å². The van der Waals surface area contributed by atoms with E-state index in [0.29, 0.717) is 6.42 Å². The van der Waals surface area contributed by atoms with E-state index in [1.165, 1.54) is 10.4 Å². The highest BCUT2D eigenvalue weighted by atomic mass is 32.1. The smallest absolute Gasteiger partial charge is 0.138 e. The zero-order valence-corrected chi connectivity index (χ0v) is 13.6. The van der Waals surface area contributed by atoms with Gasteiger partial charge in [0.1, 0.15) is 17.0 Å². The average molecular weight is 293 g/mol. The van der Waals surface area contributed by atoms with Crippen LogP contribution in [0, 0.1) is 19.3 Å². The molecule has 1 unspecified atom stereocenters. The first-order chi connectivity index (χ1) is 9.34. The molecule has 5 heteroatoms. The number of nitrogens with one attached hydrogen (secondary N) is 1. The van der Waals surface area contributed by atoms with Gasteiger partial charge in [-0.25, -0.2) is 9.97 Å². The van der Waals surface area contributed by atoms with Crippen LogP contribution in [0.4, 0.5) is 5.82 Å². The van der Waals surface area contributed by atoms with Crippen LogP contribution in [0.3, 0.4) is 0 Å². The Bertz CT molecular complexity index is 601. The standard InChI is InChI=1S/C15H23N3OS/c1-9-10(2)20-14-12(9)13(16-8-17-14)18-11(6-7-19)15(3,4)5/h8,11,19H,6-7H2,1-5H3,(H,16,17,18). The molecule has 0 aromatic carbocycles. The van der Waals surface area contributed by atoms with Crippen molar-refractivity contribution in [3.8, 4) is 0 Å². The molecule has 2 N–H and O–H groups in total. The van der Waals surface area contributed by atoms with Crippen molar-refractivity contribution in [1.29, 1.82) is 0 Å². The number of aryl methyl sites for hydroxylation is 2. The molecule has 1 atom stereocenters. The van der Waals surface area contributed by atoms with E-state index in [1.54, 1.807) is 17.7 Å². The number of hydrogen-bond donors (Lipinski definition) is 2. The molecular weight excluding hydrogens is 270 g/mol. The average Bonchev–Trinajstić information content (AvgIpc) is 2.64. The zero-order chi connectivity index (χ0) is 14.9. The minimum Gasteiger partial charge on any atom is -0.396 e. The number of aromatic nitrogens is 2. The first-order valence-electron chi connectivity index (χ1n) is 6.92. The van der Waals surface area contributed by atoms with Gasteiger partial charge in [0.25, 0.3) is 0 Å². The Balaban J connectivity index is 2.42. The van der Waals surface area contributed by atoms with E-state index in [-0.39, 0.29) is 18.1 Å². The van der Waals surface area contributed by atoms with Crippen LogP contribution in [0.15, 0.2) is 6.33 Å². The van der Waals surface area contributed by atoms with Gasteiger partial charge in [-0.15, -0.1) is 11.3 Å². The van der Waals surface area contributed by atoms with Gasteiger partial charge in [-0.2, -0.15) is 0 Å². The molecule has 110 valence electrons. The molecule has 2 aromatic heterocycles. The summed E-state index contributed by atoms with van der Waals surface area (Å²) in [4.78, 5) is 11.1. The van der Waals surface area contributed by atoms with E-state index in [9.17, 15) is 5.11 Å². The predicted octanol–water partition coefficient (Wildman–Crippen LogP) is 3.52. The van der Waals surface area contributed by atoms with Crippen molar-refractivity contribution in [2.24, 2.45) is 5.41 Å². The van der Waals surface area contributed by atoms with E-state index in [0.717, 1.165) is 16.0 Å². The summed E-state index contributed by atoms with van der Waals surface area (Å²) < 4.78 is 0. The molecule has 0 aliphatic rings. The molecule has 2 aromatic rings. The topological polar surface area (TPSA) is 58.0 Å². The zero-order valence-electron chi connectivity index (χ0n) is 12.8. The Kier molecular flexibility index (Phi) is 4.30. The van der Waals surface area contributed by atoms with Crippen LogP contribution < -0.4 is 5.32 Å². The van der Waals surface area contributed by atoms with Gasteiger partial charge in [-0.05, 0) is 31.2 Å². The van der Waals surface area contributed by atoms with Crippen molar-refractivity contribution in [2.75, 3.05) is 11.9 Å². The fourth-order valence-electron chi connectivity index (χ4n) is 2.31. The first-order valence-corrected chi connectivity index (χ1v) is 7.74. The van der Waals surface area contributed by atoms with Crippen LogP contribution in [0.1, 0.15) is 37.6 Å². The van der Waals surface area contributed by atoms with Crippen molar-refractivity contribution >= 4 is 27.4 Å². The minimum absolute atomic E-state index is 0.0545. The normalized spacial score (nSPS) is 13.7. The second-order valence-electron chi connectivity index (χ2n) is 6.26. The second-order valence-corrected chi connectivity index (χ2v) is 7.46. The fraction of sp³-hybridized carbons (Fsp3) is 0.600. The monoisotopic (exact) mass is 293 g/mol. The van der Waals surface area contributed by atoms with Gasteiger partial charge in [0.15, 0.2) is 0 Å². The molecule has 0 aliphatic carbocycles. The van der Waals surface area contributed by atoms with E-state index in [4.69, 9.17) is 0 Å². The van der Waals surface area contributed by atoms with E-state index < -0.39 is 0 Å². The van der Waals surface area contributed by atoms with E-state index >= 15 is 0 Å². The Morgan fingerprint density at radius 2 is 2.00 bits per heavy atom. The van der Waals surface area contributed by atoms with Crippen LogP contribution >= 0.6 is 11.3 Å². The third-order valence-corrected chi connectivity index (χ3v) is 4.85. The maximum absolute atomic E-state index is 9.28. The van der Waals surface area contributed by atoms with Gasteiger partial charge >= 0.3 is 0 Å². The maximum Gasteiger partial charge on any atom is 0.138 e. The molecule has 0 spiro atoms.